The monoisotopic (exact) mass is 381 g/mol. The number of nitrogens with zero attached hydrogens (tertiary/aromatic N) is 2. The van der Waals surface area contributed by atoms with E-state index in [4.69, 9.17) is 16.3 Å². The molecule has 1 amide bonds. The molecule has 1 aromatic heterocycles. The summed E-state index contributed by atoms with van der Waals surface area (Å²) in [6.07, 6.45) is 0.967. The van der Waals surface area contributed by atoms with Gasteiger partial charge in [0.1, 0.15) is 12.0 Å². The molecule has 0 bridgehead atoms. The number of ether oxygens (including phenoxy) is 1. The number of amides is 1. The Bertz CT molecular complexity index is 1010. The zero-order valence-electron chi connectivity index (χ0n) is 14.4. The molecule has 2 N–H and O–H groups in total. The van der Waals surface area contributed by atoms with Gasteiger partial charge in [-0.1, -0.05) is 29.8 Å². The summed E-state index contributed by atoms with van der Waals surface area (Å²) in [7, 11) is 1.48. The summed E-state index contributed by atoms with van der Waals surface area (Å²) in [5.41, 5.74) is 2.02. The van der Waals surface area contributed by atoms with Crippen LogP contribution in [0.5, 0.6) is 11.5 Å². The molecule has 136 valence electrons. The van der Waals surface area contributed by atoms with Crippen LogP contribution in [0.25, 0.3) is 0 Å². The summed E-state index contributed by atoms with van der Waals surface area (Å²) in [5, 5.41) is 13.8. The van der Waals surface area contributed by atoms with E-state index in [9.17, 15) is 9.90 Å². The van der Waals surface area contributed by atoms with E-state index in [1.807, 2.05) is 18.2 Å². The Morgan fingerprint density at radius 2 is 2.00 bits per heavy atom. The van der Waals surface area contributed by atoms with E-state index in [2.05, 4.69) is 10.3 Å². The van der Waals surface area contributed by atoms with Gasteiger partial charge in [0.15, 0.2) is 11.5 Å². The number of methoxy groups -OCH3 is 1. The molecule has 4 rings (SSSR count). The number of benzene rings is 2. The highest BCUT2D eigenvalue weighted by atomic mass is 35.5. The van der Waals surface area contributed by atoms with Crippen molar-refractivity contribution < 1.29 is 14.6 Å². The molecule has 1 atom stereocenters. The highest BCUT2D eigenvalue weighted by molar-refractivity contribution is 6.30. The van der Waals surface area contributed by atoms with Crippen LogP contribution in [0.2, 0.25) is 5.02 Å². The first-order valence-corrected chi connectivity index (χ1v) is 8.64. The van der Waals surface area contributed by atoms with Crippen LogP contribution in [0.1, 0.15) is 22.1 Å². The van der Waals surface area contributed by atoms with Gasteiger partial charge in [0.25, 0.3) is 5.91 Å². The van der Waals surface area contributed by atoms with Crippen LogP contribution in [0, 0.1) is 0 Å². The van der Waals surface area contributed by atoms with Crippen LogP contribution in [-0.4, -0.2) is 23.1 Å². The molecule has 0 fully saturated rings. The SMILES string of the molecule is COc1cc(C2Nc3ccccc3C(=O)N2c2ccc(Cl)cn2)ccc1O. The van der Waals surface area contributed by atoms with Crippen molar-refractivity contribution in [3.05, 3.63) is 76.9 Å². The minimum absolute atomic E-state index is 0.0277. The van der Waals surface area contributed by atoms with Crippen LogP contribution < -0.4 is 15.0 Å². The fourth-order valence-electron chi connectivity index (χ4n) is 3.10. The molecule has 27 heavy (non-hydrogen) atoms. The quantitative estimate of drug-likeness (QED) is 0.710. The zero-order valence-corrected chi connectivity index (χ0v) is 15.1. The molecular formula is C20H16ClN3O3. The Morgan fingerprint density at radius 1 is 1.19 bits per heavy atom. The average molecular weight is 382 g/mol. The van der Waals surface area contributed by atoms with Gasteiger partial charge in [0.2, 0.25) is 0 Å². The van der Waals surface area contributed by atoms with Crippen LogP contribution in [0.3, 0.4) is 0 Å². The normalized spacial score (nSPS) is 15.9. The molecule has 7 heteroatoms. The van der Waals surface area contributed by atoms with Crippen LogP contribution in [0.15, 0.2) is 60.8 Å². The number of halogens is 1. The van der Waals surface area contributed by atoms with Crippen LogP contribution in [0.4, 0.5) is 11.5 Å². The van der Waals surface area contributed by atoms with Crippen molar-refractivity contribution in [3.8, 4) is 11.5 Å². The fraction of sp³-hybridized carbons (Fsp3) is 0.100. The number of hydrogen-bond donors (Lipinski definition) is 2. The summed E-state index contributed by atoms with van der Waals surface area (Å²) in [4.78, 5) is 19.1. The number of carbonyl (C=O) groups is 1. The molecule has 3 aromatic rings. The number of phenols is 1. The Balaban J connectivity index is 1.86. The van der Waals surface area contributed by atoms with E-state index >= 15 is 0 Å². The van der Waals surface area contributed by atoms with Gasteiger partial charge in [0, 0.05) is 11.9 Å². The van der Waals surface area contributed by atoms with E-state index in [1.165, 1.54) is 19.4 Å². The number of phenolic OH excluding ortho intramolecular Hbond substituents is 1. The number of nitrogens with one attached hydrogen (secondary N) is 1. The standard InChI is InChI=1S/C20H16ClN3O3/c1-27-17-10-12(6-8-16(17)25)19-23-15-5-3-2-4-14(15)20(26)24(19)18-9-7-13(21)11-22-18/h2-11,19,23,25H,1H3. The van der Waals surface area contributed by atoms with Gasteiger partial charge < -0.3 is 15.2 Å². The fourth-order valence-corrected chi connectivity index (χ4v) is 3.21. The molecule has 0 radical (unpaired) electrons. The summed E-state index contributed by atoms with van der Waals surface area (Å²) in [5.74, 6) is 0.629. The topological polar surface area (TPSA) is 74.7 Å². The number of hydrogen-bond acceptors (Lipinski definition) is 5. The van der Waals surface area contributed by atoms with Crippen molar-refractivity contribution in [2.75, 3.05) is 17.3 Å². The molecule has 0 saturated heterocycles. The minimum atomic E-state index is -0.532. The Kier molecular flexibility index (Phi) is 4.33. The van der Waals surface area contributed by atoms with Crippen molar-refractivity contribution in [2.24, 2.45) is 0 Å². The molecule has 1 aliphatic rings. The maximum absolute atomic E-state index is 13.2. The number of pyridine rings is 1. The zero-order chi connectivity index (χ0) is 19.0. The van der Waals surface area contributed by atoms with E-state index < -0.39 is 6.17 Å². The number of aromatic hydroxyl groups is 1. The number of carbonyl (C=O) groups excluding carboxylic acids is 1. The van der Waals surface area contributed by atoms with E-state index in [0.717, 1.165) is 11.3 Å². The number of aromatic nitrogens is 1. The summed E-state index contributed by atoms with van der Waals surface area (Å²) in [6, 6.07) is 15.6. The third kappa shape index (κ3) is 3.04. The Morgan fingerprint density at radius 3 is 2.74 bits per heavy atom. The molecule has 1 aliphatic heterocycles. The van der Waals surface area contributed by atoms with Gasteiger partial charge in [-0.15, -0.1) is 0 Å². The van der Waals surface area contributed by atoms with E-state index in [0.29, 0.717) is 22.2 Å². The lowest BCUT2D eigenvalue weighted by atomic mass is 10.0. The molecule has 0 spiro atoms. The smallest absolute Gasteiger partial charge is 0.263 e. The van der Waals surface area contributed by atoms with Gasteiger partial charge in [-0.3, -0.25) is 9.69 Å². The van der Waals surface area contributed by atoms with E-state index in [1.54, 1.807) is 35.2 Å². The highest BCUT2D eigenvalue weighted by Gasteiger charge is 2.35. The molecule has 0 saturated carbocycles. The molecule has 1 unspecified atom stereocenters. The van der Waals surface area contributed by atoms with Gasteiger partial charge >= 0.3 is 0 Å². The molecule has 2 aromatic carbocycles. The highest BCUT2D eigenvalue weighted by Crippen LogP contribution is 2.38. The Hall–Kier alpha value is -3.25. The van der Waals surface area contributed by atoms with Gasteiger partial charge in [-0.2, -0.15) is 0 Å². The number of rotatable bonds is 3. The van der Waals surface area contributed by atoms with Gasteiger partial charge in [-0.05, 0) is 42.0 Å². The third-order valence-corrected chi connectivity index (χ3v) is 4.63. The van der Waals surface area contributed by atoms with Gasteiger partial charge in [0.05, 0.1) is 17.7 Å². The summed E-state index contributed by atoms with van der Waals surface area (Å²) >= 11 is 5.95. The van der Waals surface area contributed by atoms with E-state index in [-0.39, 0.29) is 11.7 Å². The second kappa shape index (κ2) is 6.81. The van der Waals surface area contributed by atoms with Crippen LogP contribution >= 0.6 is 11.6 Å². The first-order chi connectivity index (χ1) is 13.1. The summed E-state index contributed by atoms with van der Waals surface area (Å²) in [6.45, 7) is 0. The first-order valence-electron chi connectivity index (χ1n) is 8.26. The molecule has 6 nitrogen and oxygen atoms in total. The van der Waals surface area contributed by atoms with Crippen molar-refractivity contribution in [2.45, 2.75) is 6.17 Å². The maximum atomic E-state index is 13.2. The predicted octanol–water partition coefficient (Wildman–Crippen LogP) is 4.22. The average Bonchev–Trinajstić information content (AvgIpc) is 2.69. The van der Waals surface area contributed by atoms with Crippen molar-refractivity contribution >= 4 is 29.0 Å². The maximum Gasteiger partial charge on any atom is 0.263 e. The molecule has 2 heterocycles. The lowest BCUT2D eigenvalue weighted by Crippen LogP contribution is -2.43. The second-order valence-corrected chi connectivity index (χ2v) is 6.47. The van der Waals surface area contributed by atoms with Crippen molar-refractivity contribution in [1.82, 2.24) is 4.98 Å². The number of para-hydroxylation sites is 1. The largest absolute Gasteiger partial charge is 0.504 e. The Labute approximate surface area is 161 Å². The van der Waals surface area contributed by atoms with Crippen molar-refractivity contribution in [1.29, 1.82) is 0 Å². The molecular weight excluding hydrogens is 366 g/mol. The molecule has 0 aliphatic carbocycles. The number of anilines is 2. The van der Waals surface area contributed by atoms with Crippen molar-refractivity contribution in [3.63, 3.8) is 0 Å². The second-order valence-electron chi connectivity index (χ2n) is 6.03. The van der Waals surface area contributed by atoms with Crippen LogP contribution in [-0.2, 0) is 0 Å². The number of fused-ring (bicyclic) bond motifs is 1. The third-order valence-electron chi connectivity index (χ3n) is 4.40. The summed E-state index contributed by atoms with van der Waals surface area (Å²) < 4.78 is 5.22. The lowest BCUT2D eigenvalue weighted by molar-refractivity contribution is 0.0974. The first kappa shape index (κ1) is 17.2. The van der Waals surface area contributed by atoms with Gasteiger partial charge in [-0.25, -0.2) is 4.98 Å². The lowest BCUT2D eigenvalue weighted by Gasteiger charge is -2.37. The predicted molar refractivity (Wildman–Crippen MR) is 104 cm³/mol. The minimum Gasteiger partial charge on any atom is -0.504 e.